The molecule has 1 saturated heterocycles. The van der Waals surface area contributed by atoms with Crippen LogP contribution in [0.1, 0.15) is 70.3 Å². The van der Waals surface area contributed by atoms with Crippen molar-refractivity contribution >= 4 is 11.8 Å². The van der Waals surface area contributed by atoms with Crippen molar-refractivity contribution in [2.45, 2.75) is 83.3 Å². The van der Waals surface area contributed by atoms with E-state index in [-0.39, 0.29) is 23.9 Å². The van der Waals surface area contributed by atoms with Crippen molar-refractivity contribution < 1.29 is 14.3 Å². The van der Waals surface area contributed by atoms with Gasteiger partial charge in [-0.3, -0.25) is 14.5 Å². The average Bonchev–Trinajstić information content (AvgIpc) is 2.78. The zero-order chi connectivity index (χ0) is 22.2. The smallest absolute Gasteiger partial charge is 0.223 e. The fourth-order valence-electron chi connectivity index (χ4n) is 5.25. The van der Waals surface area contributed by atoms with E-state index in [0.29, 0.717) is 25.3 Å². The van der Waals surface area contributed by atoms with Crippen LogP contribution >= 0.6 is 0 Å². The van der Waals surface area contributed by atoms with Gasteiger partial charge in [0.1, 0.15) is 5.75 Å². The van der Waals surface area contributed by atoms with Crippen molar-refractivity contribution in [2.24, 2.45) is 11.7 Å². The van der Waals surface area contributed by atoms with Crippen LogP contribution in [0.25, 0.3) is 0 Å². The second kappa shape index (κ2) is 11.5. The van der Waals surface area contributed by atoms with Crippen LogP contribution in [-0.2, 0) is 16.1 Å². The monoisotopic (exact) mass is 429 g/mol. The predicted octanol–water partition coefficient (Wildman–Crippen LogP) is 3.72. The van der Waals surface area contributed by atoms with Gasteiger partial charge in [0.25, 0.3) is 0 Å². The number of nitrogens with zero attached hydrogens (tertiary/aromatic N) is 2. The Morgan fingerprint density at radius 3 is 2.45 bits per heavy atom. The van der Waals surface area contributed by atoms with Gasteiger partial charge < -0.3 is 15.4 Å². The van der Waals surface area contributed by atoms with Crippen molar-refractivity contribution in [3.63, 3.8) is 0 Å². The van der Waals surface area contributed by atoms with Gasteiger partial charge >= 0.3 is 0 Å². The van der Waals surface area contributed by atoms with Gasteiger partial charge in [-0.1, -0.05) is 37.5 Å². The lowest BCUT2D eigenvalue weighted by molar-refractivity contribution is -0.136. The number of amides is 2. The Morgan fingerprint density at radius 2 is 1.81 bits per heavy atom. The largest absolute Gasteiger partial charge is 0.496 e. The van der Waals surface area contributed by atoms with Crippen LogP contribution in [0.15, 0.2) is 24.3 Å². The van der Waals surface area contributed by atoms with Gasteiger partial charge in [0.05, 0.1) is 7.11 Å². The lowest BCUT2D eigenvalue weighted by atomic mass is 9.86. The molecule has 6 heteroatoms. The summed E-state index contributed by atoms with van der Waals surface area (Å²) in [5.74, 6) is 1.39. The van der Waals surface area contributed by atoms with Gasteiger partial charge in [-0.25, -0.2) is 0 Å². The molecule has 2 amide bonds. The van der Waals surface area contributed by atoms with Crippen molar-refractivity contribution in [1.29, 1.82) is 0 Å². The molecule has 2 aliphatic rings. The molecule has 0 spiro atoms. The van der Waals surface area contributed by atoms with Crippen LogP contribution < -0.4 is 10.5 Å². The molecule has 0 aromatic heterocycles. The minimum atomic E-state index is -0.255. The number of hydrogen-bond acceptors (Lipinski definition) is 4. The molecule has 2 N–H and O–H groups in total. The summed E-state index contributed by atoms with van der Waals surface area (Å²) in [4.78, 5) is 29.2. The molecule has 2 fully saturated rings. The number of ether oxygens (including phenoxy) is 1. The van der Waals surface area contributed by atoms with Crippen molar-refractivity contribution in [3.05, 3.63) is 29.8 Å². The number of rotatable bonds is 9. The summed E-state index contributed by atoms with van der Waals surface area (Å²) in [6.45, 7) is 4.43. The first-order chi connectivity index (χ1) is 15.0. The van der Waals surface area contributed by atoms with E-state index in [4.69, 9.17) is 10.5 Å². The Kier molecular flexibility index (Phi) is 8.76. The van der Waals surface area contributed by atoms with Gasteiger partial charge in [-0.05, 0) is 44.6 Å². The first-order valence-electron chi connectivity index (χ1n) is 11.9. The molecule has 1 atom stereocenters. The minimum absolute atomic E-state index is 0.152. The average molecular weight is 430 g/mol. The third-order valence-electron chi connectivity index (χ3n) is 7.10. The molecular formula is C25H39N3O3. The maximum Gasteiger partial charge on any atom is 0.223 e. The van der Waals surface area contributed by atoms with Gasteiger partial charge in [0, 0.05) is 50.1 Å². The van der Waals surface area contributed by atoms with E-state index in [2.05, 4.69) is 22.8 Å². The topological polar surface area (TPSA) is 75.9 Å². The van der Waals surface area contributed by atoms with E-state index < -0.39 is 0 Å². The third kappa shape index (κ3) is 6.70. The van der Waals surface area contributed by atoms with Gasteiger partial charge in [0.15, 0.2) is 0 Å². The second-order valence-corrected chi connectivity index (χ2v) is 9.33. The number of para-hydroxylation sites is 1. The molecule has 1 aliphatic carbocycles. The number of primary amides is 1. The molecule has 1 saturated carbocycles. The number of carbonyl (C=O) groups excluding carboxylic acids is 2. The fourth-order valence-corrected chi connectivity index (χ4v) is 5.25. The summed E-state index contributed by atoms with van der Waals surface area (Å²) in [7, 11) is 1.69. The highest BCUT2D eigenvalue weighted by atomic mass is 16.5. The van der Waals surface area contributed by atoms with Gasteiger partial charge in [-0.15, -0.1) is 0 Å². The number of methoxy groups -OCH3 is 1. The fraction of sp³-hybridized carbons (Fsp3) is 0.680. The van der Waals surface area contributed by atoms with Gasteiger partial charge in [-0.2, -0.15) is 0 Å². The third-order valence-corrected chi connectivity index (χ3v) is 7.10. The Balaban J connectivity index is 1.69. The molecular weight excluding hydrogens is 390 g/mol. The maximum absolute atomic E-state index is 13.5. The van der Waals surface area contributed by atoms with E-state index >= 15 is 0 Å². The predicted molar refractivity (Wildman–Crippen MR) is 123 cm³/mol. The summed E-state index contributed by atoms with van der Waals surface area (Å²) in [5.41, 5.74) is 6.45. The SMILES string of the molecule is COc1ccccc1CN(C(=O)CC1CCCCC1)C1CCN(C(C)CC(N)=O)CC1. The van der Waals surface area contributed by atoms with E-state index in [1.807, 2.05) is 18.2 Å². The number of piperidine rings is 1. The lowest BCUT2D eigenvalue weighted by Gasteiger charge is -2.41. The molecule has 1 aromatic carbocycles. The molecule has 6 nitrogen and oxygen atoms in total. The minimum Gasteiger partial charge on any atom is -0.496 e. The Morgan fingerprint density at radius 1 is 1.13 bits per heavy atom. The number of carbonyl (C=O) groups is 2. The molecule has 0 radical (unpaired) electrons. The highest BCUT2D eigenvalue weighted by Crippen LogP contribution is 2.30. The van der Waals surface area contributed by atoms with Crippen LogP contribution in [0.2, 0.25) is 0 Å². The summed E-state index contributed by atoms with van der Waals surface area (Å²) in [6, 6.07) is 8.37. The summed E-state index contributed by atoms with van der Waals surface area (Å²) < 4.78 is 5.56. The molecule has 1 aromatic rings. The molecule has 3 rings (SSSR count). The Hall–Kier alpha value is -2.08. The zero-order valence-electron chi connectivity index (χ0n) is 19.2. The summed E-state index contributed by atoms with van der Waals surface area (Å²) in [5, 5.41) is 0. The van der Waals surface area contributed by atoms with Crippen molar-refractivity contribution in [1.82, 2.24) is 9.80 Å². The van der Waals surface area contributed by atoms with Crippen LogP contribution in [0.5, 0.6) is 5.75 Å². The van der Waals surface area contributed by atoms with Crippen LogP contribution in [-0.4, -0.2) is 53.9 Å². The molecule has 1 heterocycles. The normalized spacial score (nSPS) is 19.7. The second-order valence-electron chi connectivity index (χ2n) is 9.33. The number of nitrogens with two attached hydrogens (primary N) is 1. The quantitative estimate of drug-likeness (QED) is 0.649. The molecule has 172 valence electrons. The first-order valence-corrected chi connectivity index (χ1v) is 11.9. The Labute approximate surface area is 187 Å². The molecule has 1 unspecified atom stereocenters. The van der Waals surface area contributed by atoms with E-state index in [1.165, 1.54) is 32.1 Å². The zero-order valence-corrected chi connectivity index (χ0v) is 19.2. The highest BCUT2D eigenvalue weighted by Gasteiger charge is 2.31. The van der Waals surface area contributed by atoms with Crippen molar-refractivity contribution in [3.8, 4) is 5.75 Å². The first kappa shape index (κ1) is 23.6. The van der Waals surface area contributed by atoms with Gasteiger partial charge in [0.2, 0.25) is 11.8 Å². The number of likely N-dealkylation sites (tertiary alicyclic amines) is 1. The molecule has 0 bridgehead atoms. The number of hydrogen-bond donors (Lipinski definition) is 1. The van der Waals surface area contributed by atoms with E-state index in [1.54, 1.807) is 7.11 Å². The summed E-state index contributed by atoms with van der Waals surface area (Å²) in [6.07, 6.45) is 9.06. The summed E-state index contributed by atoms with van der Waals surface area (Å²) >= 11 is 0. The number of benzene rings is 1. The molecule has 31 heavy (non-hydrogen) atoms. The standard InChI is InChI=1S/C25H39N3O3/c1-19(16-24(26)29)27-14-12-22(13-15-27)28(18-21-10-6-7-11-23(21)31-2)25(30)17-20-8-4-3-5-9-20/h6-7,10-11,19-20,22H,3-5,8-9,12-18H2,1-2H3,(H2,26,29). The van der Waals surface area contributed by atoms with Crippen LogP contribution in [0, 0.1) is 5.92 Å². The van der Waals surface area contributed by atoms with Crippen LogP contribution in [0.3, 0.4) is 0 Å². The van der Waals surface area contributed by atoms with E-state index in [9.17, 15) is 9.59 Å². The van der Waals surface area contributed by atoms with Crippen LogP contribution in [0.4, 0.5) is 0 Å². The molecule has 1 aliphatic heterocycles. The van der Waals surface area contributed by atoms with Crippen molar-refractivity contribution in [2.75, 3.05) is 20.2 Å². The van der Waals surface area contributed by atoms with E-state index in [0.717, 1.165) is 37.2 Å². The highest BCUT2D eigenvalue weighted by molar-refractivity contribution is 5.77. The Bertz CT molecular complexity index is 724. The maximum atomic E-state index is 13.5. The lowest BCUT2D eigenvalue weighted by Crippen LogP contribution is -2.49.